The summed E-state index contributed by atoms with van der Waals surface area (Å²) < 4.78 is 0. The molecule has 0 bridgehead atoms. The Morgan fingerprint density at radius 3 is 2.09 bits per heavy atom. The molecule has 0 saturated carbocycles. The molecule has 2 aromatic carbocycles. The molecule has 0 heterocycles. The number of nitrogen functional groups attached to an aromatic ring is 1. The summed E-state index contributed by atoms with van der Waals surface area (Å²) in [5.74, 6) is -3.21. The Bertz CT molecular complexity index is 702. The van der Waals surface area contributed by atoms with Gasteiger partial charge in [-0.1, -0.05) is 30.3 Å². The normalized spacial score (nSPS) is 11.0. The topological polar surface area (TPSA) is 116 Å². The van der Waals surface area contributed by atoms with Crippen LogP contribution >= 0.6 is 0 Å². The Morgan fingerprint density at radius 2 is 1.61 bits per heavy atom. The predicted octanol–water partition coefficient (Wildman–Crippen LogP) is 1.40. The van der Waals surface area contributed by atoms with Gasteiger partial charge in [-0.25, -0.2) is 0 Å². The van der Waals surface area contributed by atoms with Crippen LogP contribution in [0.5, 0.6) is 0 Å². The Labute approximate surface area is 155 Å². The van der Waals surface area contributed by atoms with Gasteiger partial charge in [-0.3, -0.25) is 15.0 Å². The number of nitrogens with one attached hydrogen (secondary N) is 2. The van der Waals surface area contributed by atoms with Gasteiger partial charge in [0.15, 0.2) is 5.92 Å². The van der Waals surface area contributed by atoms with Crippen LogP contribution in [0.2, 0.25) is 0 Å². The van der Waals surface area contributed by atoms with Crippen molar-refractivity contribution >= 4 is 53.0 Å². The number of benzene rings is 2. The number of anilines is 1. The van der Waals surface area contributed by atoms with E-state index in [1.54, 1.807) is 54.6 Å². The number of nitrogens with two attached hydrogens (primary N) is 1. The van der Waals surface area contributed by atoms with E-state index in [1.165, 1.54) is 0 Å². The summed E-state index contributed by atoms with van der Waals surface area (Å²) in [5.41, 5.74) is 6.72. The first-order chi connectivity index (χ1) is 10.5. The number of aliphatic carboxylic acids is 1. The maximum atomic E-state index is 12.2. The fourth-order valence-electron chi connectivity index (χ4n) is 2.00. The summed E-state index contributed by atoms with van der Waals surface area (Å²) in [6.45, 7) is 0. The van der Waals surface area contributed by atoms with Gasteiger partial charge in [-0.2, -0.15) is 0 Å². The third-order valence-corrected chi connectivity index (χ3v) is 3.11. The van der Waals surface area contributed by atoms with Crippen LogP contribution in [0.25, 0.3) is 0 Å². The van der Waals surface area contributed by atoms with E-state index in [4.69, 9.17) is 11.1 Å². The van der Waals surface area contributed by atoms with Gasteiger partial charge in [0, 0.05) is 40.8 Å². The summed E-state index contributed by atoms with van der Waals surface area (Å²) in [5, 5.41) is 19.1. The van der Waals surface area contributed by atoms with Gasteiger partial charge >= 0.3 is 5.97 Å². The largest absolute Gasteiger partial charge is 0.480 e. The van der Waals surface area contributed by atoms with Crippen molar-refractivity contribution < 1.29 is 14.7 Å². The molecule has 23 heavy (non-hydrogen) atoms. The van der Waals surface area contributed by atoms with Crippen molar-refractivity contribution in [1.82, 2.24) is 0 Å². The van der Waals surface area contributed by atoms with Crippen molar-refractivity contribution in [2.75, 3.05) is 5.32 Å². The van der Waals surface area contributed by atoms with E-state index in [1.807, 2.05) is 0 Å². The molecule has 0 aliphatic heterocycles. The van der Waals surface area contributed by atoms with Gasteiger partial charge in [-0.15, -0.1) is 0 Å². The zero-order valence-electron chi connectivity index (χ0n) is 12.6. The van der Waals surface area contributed by atoms with Gasteiger partial charge in [0.2, 0.25) is 5.91 Å². The summed E-state index contributed by atoms with van der Waals surface area (Å²) >= 11 is 0. The van der Waals surface area contributed by atoms with Crippen LogP contribution in [0.3, 0.4) is 0 Å². The van der Waals surface area contributed by atoms with Crippen LogP contribution in [0.1, 0.15) is 17.0 Å². The van der Waals surface area contributed by atoms with E-state index in [9.17, 15) is 14.7 Å². The molecule has 2 aromatic rings. The number of amidine groups is 1. The van der Waals surface area contributed by atoms with Crippen molar-refractivity contribution in [3.8, 4) is 0 Å². The maximum Gasteiger partial charge on any atom is 0.320 e. The molecule has 0 aliphatic carbocycles. The Balaban J connectivity index is 0.00000264. The number of carbonyl (C=O) groups excluding carboxylic acids is 1. The molecule has 0 saturated heterocycles. The molecule has 1 radical (unpaired) electrons. The molecule has 0 fully saturated rings. The molecule has 1 amide bonds. The molecule has 6 nitrogen and oxygen atoms in total. The van der Waals surface area contributed by atoms with Gasteiger partial charge in [0.1, 0.15) is 5.84 Å². The average Bonchev–Trinajstić information content (AvgIpc) is 2.48. The van der Waals surface area contributed by atoms with E-state index in [0.717, 1.165) is 0 Å². The minimum atomic E-state index is -1.28. The number of amides is 1. The first kappa shape index (κ1) is 18.9. The number of carboxylic acids is 1. The summed E-state index contributed by atoms with van der Waals surface area (Å²) in [6, 6.07) is 14.6. The van der Waals surface area contributed by atoms with E-state index >= 15 is 0 Å². The second kappa shape index (κ2) is 8.47. The minimum absolute atomic E-state index is 0. The summed E-state index contributed by atoms with van der Waals surface area (Å²) in [6.07, 6.45) is 0. The van der Waals surface area contributed by atoms with Gasteiger partial charge < -0.3 is 16.2 Å². The summed E-state index contributed by atoms with van der Waals surface area (Å²) in [4.78, 5) is 23.6. The number of carbonyl (C=O) groups is 2. The smallest absolute Gasteiger partial charge is 0.320 e. The van der Waals surface area contributed by atoms with Crippen LogP contribution in [-0.2, 0) is 9.59 Å². The van der Waals surface area contributed by atoms with E-state index < -0.39 is 17.8 Å². The van der Waals surface area contributed by atoms with E-state index in [2.05, 4.69) is 5.32 Å². The fraction of sp³-hybridized carbons (Fsp3) is 0.0625. The molecule has 0 spiro atoms. The monoisotopic (exact) mass is 320 g/mol. The molecule has 1 atom stereocenters. The van der Waals surface area contributed by atoms with Gasteiger partial charge in [-0.05, 0) is 29.8 Å². The van der Waals surface area contributed by atoms with Crippen molar-refractivity contribution in [1.29, 1.82) is 5.41 Å². The average molecular weight is 320 g/mol. The summed E-state index contributed by atoms with van der Waals surface area (Å²) in [7, 11) is 0. The van der Waals surface area contributed by atoms with Crippen LogP contribution in [0, 0.1) is 5.41 Å². The molecular formula is C16H15N3NaO3. The van der Waals surface area contributed by atoms with Crippen molar-refractivity contribution in [2.45, 2.75) is 5.92 Å². The third kappa shape index (κ3) is 4.92. The molecule has 1 unspecified atom stereocenters. The first-order valence-corrected chi connectivity index (χ1v) is 6.52. The molecule has 0 aliphatic rings. The fourth-order valence-corrected chi connectivity index (χ4v) is 2.00. The standard InChI is InChI=1S/C16H15N3O3.Na/c17-14(18)11-6-8-12(9-7-11)19-15(20)13(16(21)22)10-4-2-1-3-5-10;/h1-9,13H,(H3,17,18)(H,19,20)(H,21,22);. The third-order valence-electron chi connectivity index (χ3n) is 3.11. The molecule has 0 aromatic heterocycles. The number of hydrogen-bond acceptors (Lipinski definition) is 3. The quantitative estimate of drug-likeness (QED) is 0.288. The van der Waals surface area contributed by atoms with Crippen LogP contribution < -0.4 is 11.1 Å². The second-order valence-electron chi connectivity index (χ2n) is 4.66. The molecule has 5 N–H and O–H groups in total. The van der Waals surface area contributed by atoms with Crippen LogP contribution in [0.4, 0.5) is 5.69 Å². The van der Waals surface area contributed by atoms with Crippen molar-refractivity contribution in [3.05, 3.63) is 65.7 Å². The van der Waals surface area contributed by atoms with Crippen molar-refractivity contribution in [2.24, 2.45) is 5.73 Å². The van der Waals surface area contributed by atoms with Crippen LogP contribution in [0.15, 0.2) is 54.6 Å². The Hall–Kier alpha value is -2.15. The first-order valence-electron chi connectivity index (χ1n) is 6.52. The van der Waals surface area contributed by atoms with Crippen LogP contribution in [-0.4, -0.2) is 52.4 Å². The maximum absolute atomic E-state index is 12.2. The SMILES string of the molecule is N=C(N)c1ccc(NC(=O)C(C(=O)O)c2ccccc2)cc1.[Na]. The molecule has 113 valence electrons. The van der Waals surface area contributed by atoms with E-state index in [-0.39, 0.29) is 35.4 Å². The number of hydrogen-bond donors (Lipinski definition) is 4. The zero-order valence-corrected chi connectivity index (χ0v) is 14.6. The van der Waals surface area contributed by atoms with Gasteiger partial charge in [0.25, 0.3) is 0 Å². The Morgan fingerprint density at radius 1 is 1.04 bits per heavy atom. The molecule has 2 rings (SSSR count). The Kier molecular flexibility index (Phi) is 6.96. The van der Waals surface area contributed by atoms with Gasteiger partial charge in [0.05, 0.1) is 0 Å². The number of carboxylic acid groups (broad SMARTS) is 1. The van der Waals surface area contributed by atoms with E-state index in [0.29, 0.717) is 16.8 Å². The molecular weight excluding hydrogens is 305 g/mol. The second-order valence-corrected chi connectivity index (χ2v) is 4.66. The number of rotatable bonds is 5. The zero-order chi connectivity index (χ0) is 16.1. The van der Waals surface area contributed by atoms with Crippen molar-refractivity contribution in [3.63, 3.8) is 0 Å². The predicted molar refractivity (Wildman–Crippen MR) is 88.7 cm³/mol. The minimum Gasteiger partial charge on any atom is -0.480 e. The molecule has 7 heteroatoms.